The minimum atomic E-state index is -0.344. The molecule has 1 saturated heterocycles. The smallest absolute Gasteiger partial charge is 0.223 e. The molecule has 5 heteroatoms. The monoisotopic (exact) mass is 308 g/mol. The van der Waals surface area contributed by atoms with Crippen molar-refractivity contribution in [3.8, 4) is 0 Å². The summed E-state index contributed by atoms with van der Waals surface area (Å²) in [6.07, 6.45) is -0.0134. The first kappa shape index (κ1) is 16.9. The molecular formula is C17H25FN2O2. The van der Waals surface area contributed by atoms with Gasteiger partial charge in [0.05, 0.1) is 6.10 Å². The zero-order valence-corrected chi connectivity index (χ0v) is 13.3. The van der Waals surface area contributed by atoms with Crippen LogP contribution in [-0.4, -0.2) is 59.6 Å². The van der Waals surface area contributed by atoms with Crippen LogP contribution < -0.4 is 0 Å². The van der Waals surface area contributed by atoms with Gasteiger partial charge in [-0.25, -0.2) is 4.39 Å². The highest BCUT2D eigenvalue weighted by molar-refractivity contribution is 5.77. The van der Waals surface area contributed by atoms with Crippen LogP contribution in [0.5, 0.6) is 0 Å². The van der Waals surface area contributed by atoms with Gasteiger partial charge in [0.15, 0.2) is 0 Å². The fourth-order valence-electron chi connectivity index (χ4n) is 2.93. The van der Waals surface area contributed by atoms with Crippen molar-refractivity contribution in [3.05, 3.63) is 35.6 Å². The molecule has 0 bridgehead atoms. The van der Waals surface area contributed by atoms with Gasteiger partial charge in [-0.3, -0.25) is 9.69 Å². The Morgan fingerprint density at radius 2 is 1.86 bits per heavy atom. The number of carbonyl (C=O) groups is 1. The molecule has 1 aromatic carbocycles. The first-order chi connectivity index (χ1) is 10.5. The average molecular weight is 308 g/mol. The van der Waals surface area contributed by atoms with E-state index in [9.17, 15) is 14.3 Å². The van der Waals surface area contributed by atoms with Gasteiger partial charge in [0, 0.05) is 39.1 Å². The molecule has 122 valence electrons. The molecule has 4 nitrogen and oxygen atoms in total. The number of β-amino-alcohol motifs (C(OH)–C–C–N with tert-alkyl or cyclic N) is 1. The highest BCUT2D eigenvalue weighted by Gasteiger charge is 2.23. The molecule has 1 aliphatic heterocycles. The number of benzene rings is 1. The zero-order valence-electron chi connectivity index (χ0n) is 13.3. The summed E-state index contributed by atoms with van der Waals surface area (Å²) in [7, 11) is 0. The van der Waals surface area contributed by atoms with Gasteiger partial charge in [-0.15, -0.1) is 0 Å². The number of aliphatic hydroxyl groups excluding tert-OH is 1. The first-order valence-corrected chi connectivity index (χ1v) is 7.90. The van der Waals surface area contributed by atoms with E-state index in [1.807, 2.05) is 11.8 Å². The van der Waals surface area contributed by atoms with Crippen LogP contribution in [0.2, 0.25) is 0 Å². The van der Waals surface area contributed by atoms with Gasteiger partial charge in [-0.05, 0) is 24.5 Å². The molecule has 1 aromatic rings. The van der Waals surface area contributed by atoms with Gasteiger partial charge in [-0.2, -0.15) is 0 Å². The van der Waals surface area contributed by atoms with Crippen LogP contribution in [0.25, 0.3) is 0 Å². The summed E-state index contributed by atoms with van der Waals surface area (Å²) in [4.78, 5) is 16.4. The van der Waals surface area contributed by atoms with Gasteiger partial charge < -0.3 is 10.0 Å². The molecule has 0 aliphatic carbocycles. The van der Waals surface area contributed by atoms with Crippen LogP contribution in [0.3, 0.4) is 0 Å². The Morgan fingerprint density at radius 1 is 1.23 bits per heavy atom. The Morgan fingerprint density at radius 3 is 2.45 bits per heavy atom. The van der Waals surface area contributed by atoms with Crippen LogP contribution in [0, 0.1) is 5.82 Å². The number of hydrogen-bond donors (Lipinski definition) is 1. The number of aliphatic hydroxyl groups is 1. The van der Waals surface area contributed by atoms with Gasteiger partial charge in [0.2, 0.25) is 5.91 Å². The van der Waals surface area contributed by atoms with Crippen LogP contribution in [0.4, 0.5) is 4.39 Å². The van der Waals surface area contributed by atoms with Crippen molar-refractivity contribution < 1.29 is 14.3 Å². The predicted octanol–water partition coefficient (Wildman–Crippen LogP) is 1.84. The maximum absolute atomic E-state index is 13.8. The van der Waals surface area contributed by atoms with Crippen LogP contribution in [-0.2, 0) is 4.79 Å². The van der Waals surface area contributed by atoms with E-state index >= 15 is 0 Å². The summed E-state index contributed by atoms with van der Waals surface area (Å²) in [6.45, 7) is 7.22. The van der Waals surface area contributed by atoms with E-state index in [4.69, 9.17) is 0 Å². The number of piperazine rings is 1. The second-order valence-electron chi connectivity index (χ2n) is 6.16. The average Bonchev–Trinajstić information content (AvgIpc) is 2.47. The largest absolute Gasteiger partial charge is 0.392 e. The Hall–Kier alpha value is -1.46. The Bertz CT molecular complexity index is 499. The first-order valence-electron chi connectivity index (χ1n) is 7.90. The van der Waals surface area contributed by atoms with Gasteiger partial charge in [0.1, 0.15) is 5.82 Å². The molecule has 0 spiro atoms. The summed E-state index contributed by atoms with van der Waals surface area (Å²) in [6, 6.07) is 6.64. The minimum absolute atomic E-state index is 0.0763. The van der Waals surface area contributed by atoms with Gasteiger partial charge in [0.25, 0.3) is 0 Å². The maximum atomic E-state index is 13.8. The van der Waals surface area contributed by atoms with Crippen molar-refractivity contribution in [2.24, 2.45) is 0 Å². The molecular weight excluding hydrogens is 283 g/mol. The SMILES string of the molecule is C[C@H](O)CN1CCN(C(=O)C[C@H](C)c2ccccc2F)CC1. The molecule has 1 fully saturated rings. The van der Waals surface area contributed by atoms with Crippen molar-refractivity contribution in [2.75, 3.05) is 32.7 Å². The third-order valence-corrected chi connectivity index (χ3v) is 4.16. The number of hydrogen-bond acceptors (Lipinski definition) is 3. The normalized spacial score (nSPS) is 19.0. The summed E-state index contributed by atoms with van der Waals surface area (Å²) in [5.41, 5.74) is 0.601. The van der Waals surface area contributed by atoms with E-state index < -0.39 is 0 Å². The number of halogens is 1. The van der Waals surface area contributed by atoms with Crippen LogP contribution in [0.15, 0.2) is 24.3 Å². The number of nitrogens with zero attached hydrogens (tertiary/aromatic N) is 2. The lowest BCUT2D eigenvalue weighted by molar-refractivity contribution is -0.133. The number of carbonyl (C=O) groups excluding carboxylic acids is 1. The minimum Gasteiger partial charge on any atom is -0.392 e. The summed E-state index contributed by atoms with van der Waals surface area (Å²) >= 11 is 0. The van der Waals surface area contributed by atoms with E-state index in [1.165, 1.54) is 6.07 Å². The fourth-order valence-corrected chi connectivity index (χ4v) is 2.93. The number of amides is 1. The van der Waals surface area contributed by atoms with Crippen molar-refractivity contribution in [3.63, 3.8) is 0 Å². The second-order valence-corrected chi connectivity index (χ2v) is 6.16. The van der Waals surface area contributed by atoms with E-state index in [1.54, 1.807) is 25.1 Å². The van der Waals surface area contributed by atoms with Gasteiger partial charge >= 0.3 is 0 Å². The molecule has 0 saturated carbocycles. The highest BCUT2D eigenvalue weighted by atomic mass is 19.1. The molecule has 1 heterocycles. The summed E-state index contributed by atoms with van der Waals surface area (Å²) in [5, 5.41) is 9.39. The molecule has 0 aromatic heterocycles. The maximum Gasteiger partial charge on any atom is 0.223 e. The highest BCUT2D eigenvalue weighted by Crippen LogP contribution is 2.23. The Labute approximate surface area is 131 Å². The summed E-state index contributed by atoms with van der Waals surface area (Å²) in [5.74, 6) is -0.291. The molecule has 1 amide bonds. The van der Waals surface area contributed by atoms with E-state index in [2.05, 4.69) is 4.90 Å². The van der Waals surface area contributed by atoms with Crippen molar-refractivity contribution in [1.29, 1.82) is 0 Å². The fraction of sp³-hybridized carbons (Fsp3) is 0.588. The van der Waals surface area contributed by atoms with Gasteiger partial charge in [-0.1, -0.05) is 25.1 Å². The Balaban J connectivity index is 1.84. The molecule has 0 radical (unpaired) electrons. The number of rotatable bonds is 5. The molecule has 1 N–H and O–H groups in total. The lowest BCUT2D eigenvalue weighted by Gasteiger charge is -2.35. The standard InChI is InChI=1S/C17H25FN2O2/c1-13(15-5-3-4-6-16(15)18)11-17(22)20-9-7-19(8-10-20)12-14(2)21/h3-6,13-14,21H,7-12H2,1-2H3/t13-,14-/m0/s1. The topological polar surface area (TPSA) is 43.8 Å². The third-order valence-electron chi connectivity index (χ3n) is 4.16. The van der Waals surface area contributed by atoms with E-state index in [-0.39, 0.29) is 23.7 Å². The summed E-state index contributed by atoms with van der Waals surface area (Å²) < 4.78 is 13.8. The third kappa shape index (κ3) is 4.52. The van der Waals surface area contributed by atoms with Crippen molar-refractivity contribution in [2.45, 2.75) is 32.3 Å². The van der Waals surface area contributed by atoms with E-state index in [0.29, 0.717) is 31.6 Å². The van der Waals surface area contributed by atoms with Crippen LogP contribution in [0.1, 0.15) is 31.7 Å². The Kier molecular flexibility index (Phi) is 5.91. The lowest BCUT2D eigenvalue weighted by atomic mass is 9.96. The molecule has 22 heavy (non-hydrogen) atoms. The molecule has 2 rings (SSSR count). The molecule has 1 aliphatic rings. The molecule has 0 unspecified atom stereocenters. The zero-order chi connectivity index (χ0) is 16.1. The lowest BCUT2D eigenvalue weighted by Crippen LogP contribution is -2.50. The van der Waals surface area contributed by atoms with Crippen molar-refractivity contribution >= 4 is 5.91 Å². The van der Waals surface area contributed by atoms with E-state index in [0.717, 1.165) is 13.1 Å². The van der Waals surface area contributed by atoms with Crippen LogP contribution >= 0.6 is 0 Å². The molecule has 2 atom stereocenters. The quantitative estimate of drug-likeness (QED) is 0.903. The second kappa shape index (κ2) is 7.70. The van der Waals surface area contributed by atoms with Crippen molar-refractivity contribution in [1.82, 2.24) is 9.80 Å². The predicted molar refractivity (Wildman–Crippen MR) is 84.1 cm³/mol.